The molecule has 1 aliphatic carbocycles. The van der Waals surface area contributed by atoms with Crippen molar-refractivity contribution in [1.82, 2.24) is 0 Å². The van der Waals surface area contributed by atoms with Crippen LogP contribution in [0.4, 0.5) is 0 Å². The summed E-state index contributed by atoms with van der Waals surface area (Å²) >= 11 is 0. The summed E-state index contributed by atoms with van der Waals surface area (Å²) in [4.78, 5) is 2.74. The van der Waals surface area contributed by atoms with Crippen LogP contribution >= 0.6 is 0 Å². The molecular weight excluding hydrogens is 178 g/mol. The van der Waals surface area contributed by atoms with Gasteiger partial charge < -0.3 is 5.11 Å². The lowest BCUT2D eigenvalue weighted by Crippen LogP contribution is -2.17. The van der Waals surface area contributed by atoms with Crippen LogP contribution in [0, 0.1) is 0 Å². The van der Waals surface area contributed by atoms with Gasteiger partial charge in [0.15, 0.2) is 0 Å². The predicted octanol–water partition coefficient (Wildman–Crippen LogP) is 2.43. The Kier molecular flexibility index (Phi) is 2.23. The van der Waals surface area contributed by atoms with Gasteiger partial charge in [-0.15, -0.1) is 0 Å². The molecule has 0 bridgehead atoms. The fourth-order valence-electron chi connectivity index (χ4n) is 1.61. The highest BCUT2D eigenvalue weighted by molar-refractivity contribution is 5.58. The molecular formula is C10H9N3O. The van der Waals surface area contributed by atoms with Crippen LogP contribution in [0.5, 0.6) is 0 Å². The summed E-state index contributed by atoms with van der Waals surface area (Å²) in [6, 6.07) is 7.07. The van der Waals surface area contributed by atoms with Crippen molar-refractivity contribution in [3.63, 3.8) is 0 Å². The molecule has 4 nitrogen and oxygen atoms in total. The normalized spacial score (nSPS) is 23.8. The quantitative estimate of drug-likeness (QED) is 0.409. The number of hydrogen-bond acceptors (Lipinski definition) is 2. The summed E-state index contributed by atoms with van der Waals surface area (Å²) in [6.45, 7) is 0. The van der Waals surface area contributed by atoms with Crippen molar-refractivity contribution in [1.29, 1.82) is 0 Å². The molecule has 1 aromatic rings. The summed E-state index contributed by atoms with van der Waals surface area (Å²) in [5.41, 5.74) is 10.3. The second-order valence-corrected chi connectivity index (χ2v) is 3.13. The largest absolute Gasteiger partial charge is 0.388 e. The van der Waals surface area contributed by atoms with Crippen molar-refractivity contribution in [2.24, 2.45) is 5.11 Å². The molecule has 0 saturated carbocycles. The Morgan fingerprint density at radius 1 is 1.36 bits per heavy atom. The third-order valence-electron chi connectivity index (χ3n) is 2.29. The molecule has 0 aliphatic heterocycles. The maximum absolute atomic E-state index is 9.60. The maximum Gasteiger partial charge on any atom is 0.0926 e. The van der Waals surface area contributed by atoms with E-state index in [1.165, 1.54) is 0 Å². The predicted molar refractivity (Wildman–Crippen MR) is 53.4 cm³/mol. The number of fused-ring (bicyclic) bond motifs is 1. The zero-order valence-electron chi connectivity index (χ0n) is 7.41. The van der Waals surface area contributed by atoms with Crippen LogP contribution in [0.25, 0.3) is 16.5 Å². The van der Waals surface area contributed by atoms with E-state index in [-0.39, 0.29) is 0 Å². The fraction of sp³-hybridized carbons (Fsp3) is 0.200. The smallest absolute Gasteiger partial charge is 0.0926 e. The van der Waals surface area contributed by atoms with E-state index in [0.717, 1.165) is 11.1 Å². The Bertz CT molecular complexity index is 421. The van der Waals surface area contributed by atoms with Crippen LogP contribution in [-0.2, 0) is 0 Å². The zero-order valence-corrected chi connectivity index (χ0v) is 7.41. The molecule has 70 valence electrons. The molecule has 0 spiro atoms. The molecule has 2 rings (SSSR count). The molecule has 2 atom stereocenters. The second kappa shape index (κ2) is 3.54. The van der Waals surface area contributed by atoms with Crippen molar-refractivity contribution >= 4 is 6.08 Å². The molecule has 0 radical (unpaired) electrons. The van der Waals surface area contributed by atoms with Gasteiger partial charge >= 0.3 is 0 Å². The monoisotopic (exact) mass is 187 g/mol. The van der Waals surface area contributed by atoms with Crippen LogP contribution < -0.4 is 0 Å². The highest BCUT2D eigenvalue weighted by atomic mass is 16.3. The number of rotatable bonds is 1. The number of aliphatic hydroxyl groups is 1. The van der Waals surface area contributed by atoms with E-state index in [1.54, 1.807) is 6.08 Å². The minimum absolute atomic E-state index is 0.499. The summed E-state index contributed by atoms with van der Waals surface area (Å²) in [7, 11) is 0. The average molecular weight is 187 g/mol. The zero-order chi connectivity index (χ0) is 9.97. The van der Waals surface area contributed by atoms with Gasteiger partial charge in [0.1, 0.15) is 0 Å². The van der Waals surface area contributed by atoms with Gasteiger partial charge in [0.05, 0.1) is 12.1 Å². The lowest BCUT2D eigenvalue weighted by Gasteiger charge is -2.21. The number of hydrogen-bond donors (Lipinski definition) is 1. The molecule has 14 heavy (non-hydrogen) atoms. The molecule has 1 aromatic carbocycles. The van der Waals surface area contributed by atoms with Crippen LogP contribution in [0.2, 0.25) is 0 Å². The van der Waals surface area contributed by atoms with Crippen molar-refractivity contribution in [3.05, 3.63) is 51.9 Å². The van der Waals surface area contributed by atoms with Crippen LogP contribution in [0.1, 0.15) is 17.2 Å². The van der Waals surface area contributed by atoms with Gasteiger partial charge in [0, 0.05) is 4.91 Å². The lowest BCUT2D eigenvalue weighted by atomic mass is 9.91. The first-order chi connectivity index (χ1) is 6.83. The molecule has 0 saturated heterocycles. The minimum Gasteiger partial charge on any atom is -0.388 e. The van der Waals surface area contributed by atoms with E-state index < -0.39 is 12.1 Å². The Balaban J connectivity index is 2.52. The molecule has 2 unspecified atom stereocenters. The van der Waals surface area contributed by atoms with Crippen LogP contribution in [0.15, 0.2) is 35.5 Å². The molecule has 1 N–H and O–H groups in total. The lowest BCUT2D eigenvalue weighted by molar-refractivity contribution is 0.191. The van der Waals surface area contributed by atoms with E-state index in [4.69, 9.17) is 5.53 Å². The highest BCUT2D eigenvalue weighted by Gasteiger charge is 2.22. The van der Waals surface area contributed by atoms with Crippen molar-refractivity contribution in [2.75, 3.05) is 0 Å². The molecule has 0 aromatic heterocycles. The molecule has 0 amide bonds. The average Bonchev–Trinajstić information content (AvgIpc) is 2.23. The van der Waals surface area contributed by atoms with E-state index in [2.05, 4.69) is 10.0 Å². The van der Waals surface area contributed by atoms with E-state index in [0.29, 0.717) is 0 Å². The summed E-state index contributed by atoms with van der Waals surface area (Å²) in [5, 5.41) is 13.2. The van der Waals surface area contributed by atoms with Gasteiger partial charge in [-0.25, -0.2) is 0 Å². The third kappa shape index (κ3) is 1.37. The molecule has 0 heterocycles. The first-order valence-corrected chi connectivity index (χ1v) is 4.32. The maximum atomic E-state index is 9.60. The molecule has 0 fully saturated rings. The van der Waals surface area contributed by atoms with Gasteiger partial charge in [-0.2, -0.15) is 0 Å². The minimum atomic E-state index is -0.721. The number of aliphatic hydroxyl groups excluding tert-OH is 1. The Hall–Kier alpha value is -1.77. The number of benzene rings is 1. The third-order valence-corrected chi connectivity index (χ3v) is 2.29. The number of azide groups is 1. The SMILES string of the molecule is [N-]=[N+]=NC1c2ccccc2C=CC1O. The van der Waals surface area contributed by atoms with Crippen molar-refractivity contribution < 1.29 is 5.11 Å². The highest BCUT2D eigenvalue weighted by Crippen LogP contribution is 2.30. The standard InChI is InChI=1S/C10H9N3O/c11-13-12-10-8-4-2-1-3-7(8)5-6-9(10)14/h1-6,9-10,14H. The Labute approximate surface area is 81.1 Å². The van der Waals surface area contributed by atoms with Gasteiger partial charge in [-0.1, -0.05) is 41.5 Å². The van der Waals surface area contributed by atoms with Gasteiger partial charge in [0.2, 0.25) is 0 Å². The van der Waals surface area contributed by atoms with E-state index >= 15 is 0 Å². The first kappa shape index (κ1) is 8.81. The first-order valence-electron chi connectivity index (χ1n) is 4.32. The van der Waals surface area contributed by atoms with Crippen LogP contribution in [0.3, 0.4) is 0 Å². The topological polar surface area (TPSA) is 69.0 Å². The summed E-state index contributed by atoms with van der Waals surface area (Å²) in [5.74, 6) is 0. The Morgan fingerprint density at radius 2 is 2.14 bits per heavy atom. The van der Waals surface area contributed by atoms with E-state index in [9.17, 15) is 5.11 Å². The van der Waals surface area contributed by atoms with Gasteiger partial charge in [-0.05, 0) is 16.7 Å². The van der Waals surface area contributed by atoms with E-state index in [1.807, 2.05) is 30.3 Å². The fourth-order valence-corrected chi connectivity index (χ4v) is 1.61. The second-order valence-electron chi connectivity index (χ2n) is 3.13. The summed E-state index contributed by atoms with van der Waals surface area (Å²) in [6.07, 6.45) is 2.76. The van der Waals surface area contributed by atoms with Gasteiger partial charge in [-0.3, -0.25) is 0 Å². The number of nitrogens with zero attached hydrogens (tertiary/aromatic N) is 3. The van der Waals surface area contributed by atoms with Crippen molar-refractivity contribution in [3.8, 4) is 0 Å². The van der Waals surface area contributed by atoms with Crippen LogP contribution in [-0.4, -0.2) is 11.2 Å². The molecule has 1 aliphatic rings. The summed E-state index contributed by atoms with van der Waals surface area (Å²) < 4.78 is 0. The van der Waals surface area contributed by atoms with Crippen molar-refractivity contribution in [2.45, 2.75) is 12.1 Å². The van der Waals surface area contributed by atoms with Gasteiger partial charge in [0.25, 0.3) is 0 Å². The molecule has 4 heteroatoms. The Morgan fingerprint density at radius 3 is 2.93 bits per heavy atom.